The van der Waals surface area contributed by atoms with Crippen molar-refractivity contribution in [2.45, 2.75) is 43.7 Å². The van der Waals surface area contributed by atoms with E-state index in [0.717, 1.165) is 0 Å². The Morgan fingerprint density at radius 1 is 0.643 bits per heavy atom. The molecule has 2 saturated heterocycles. The maximum Gasteiger partial charge on any atom is 0.331 e. The summed E-state index contributed by atoms with van der Waals surface area (Å²) in [6, 6.07) is 6.92. The predicted octanol–water partition coefficient (Wildman–Crippen LogP) is 4.24. The van der Waals surface area contributed by atoms with Crippen LogP contribution >= 0.6 is 0 Å². The number of carbonyl (C=O) groups is 2. The predicted molar refractivity (Wildman–Crippen MR) is 153 cm³/mol. The SMILES string of the molecule is COc1cc(/C=C/C(=O)O[C@H]2C[C@H]3C[C@H](OC(=O)/C=C/c4cc(OC)c(OC)c(OC)c4)[C@@H](C2)O3)cc(OC)c1OC. The van der Waals surface area contributed by atoms with Crippen LogP contribution in [-0.2, 0) is 23.8 Å². The molecule has 42 heavy (non-hydrogen) atoms. The average Bonchev–Trinajstić information content (AvgIpc) is 3.29. The Hall–Kier alpha value is -4.38. The Balaban J connectivity index is 1.33. The number of hydrogen-bond acceptors (Lipinski definition) is 11. The van der Waals surface area contributed by atoms with E-state index in [0.29, 0.717) is 64.9 Å². The van der Waals surface area contributed by atoms with Crippen molar-refractivity contribution in [1.29, 1.82) is 0 Å². The highest BCUT2D eigenvalue weighted by molar-refractivity contribution is 5.88. The zero-order valence-electron chi connectivity index (χ0n) is 24.5. The van der Waals surface area contributed by atoms with Crippen molar-refractivity contribution in [2.75, 3.05) is 42.7 Å². The highest BCUT2D eigenvalue weighted by Gasteiger charge is 2.45. The largest absolute Gasteiger partial charge is 0.493 e. The van der Waals surface area contributed by atoms with Gasteiger partial charge >= 0.3 is 11.9 Å². The molecule has 2 aromatic carbocycles. The molecule has 0 saturated carbocycles. The first kappa shape index (κ1) is 30.6. The molecule has 226 valence electrons. The van der Waals surface area contributed by atoms with Gasteiger partial charge in [-0.15, -0.1) is 0 Å². The van der Waals surface area contributed by atoms with Crippen LogP contribution in [0.1, 0.15) is 30.4 Å². The van der Waals surface area contributed by atoms with E-state index in [-0.39, 0.29) is 18.3 Å². The van der Waals surface area contributed by atoms with Crippen LogP contribution < -0.4 is 28.4 Å². The quantitative estimate of drug-likeness (QED) is 0.263. The van der Waals surface area contributed by atoms with Crippen molar-refractivity contribution in [2.24, 2.45) is 0 Å². The fraction of sp³-hybridized carbons (Fsp3) is 0.419. The molecule has 2 aromatic rings. The molecule has 2 heterocycles. The van der Waals surface area contributed by atoms with Crippen LogP contribution in [0.3, 0.4) is 0 Å². The molecule has 0 unspecified atom stereocenters. The van der Waals surface area contributed by atoms with Gasteiger partial charge in [0.1, 0.15) is 12.2 Å². The van der Waals surface area contributed by atoms with Gasteiger partial charge < -0.3 is 42.6 Å². The van der Waals surface area contributed by atoms with Gasteiger partial charge in [0.25, 0.3) is 0 Å². The van der Waals surface area contributed by atoms with Gasteiger partial charge in [-0.05, 0) is 47.5 Å². The molecule has 4 atom stereocenters. The number of esters is 2. The highest BCUT2D eigenvalue weighted by atomic mass is 16.6. The first-order valence-electron chi connectivity index (χ1n) is 13.3. The Morgan fingerprint density at radius 2 is 1.10 bits per heavy atom. The molecule has 2 fully saturated rings. The van der Waals surface area contributed by atoms with E-state index >= 15 is 0 Å². The molecule has 0 radical (unpaired) electrons. The average molecular weight is 585 g/mol. The van der Waals surface area contributed by atoms with Crippen LogP contribution in [-0.4, -0.2) is 79.0 Å². The lowest BCUT2D eigenvalue weighted by molar-refractivity contribution is -0.157. The van der Waals surface area contributed by atoms with E-state index in [9.17, 15) is 9.59 Å². The lowest BCUT2D eigenvalue weighted by atomic mass is 10.1. The summed E-state index contributed by atoms with van der Waals surface area (Å²) < 4.78 is 49.5. The molecule has 2 aliphatic rings. The monoisotopic (exact) mass is 584 g/mol. The van der Waals surface area contributed by atoms with E-state index in [2.05, 4.69) is 0 Å². The molecule has 0 aromatic heterocycles. The summed E-state index contributed by atoms with van der Waals surface area (Å²) >= 11 is 0. The van der Waals surface area contributed by atoms with E-state index in [4.69, 9.17) is 42.6 Å². The minimum atomic E-state index is -0.508. The van der Waals surface area contributed by atoms with Gasteiger partial charge in [-0.2, -0.15) is 0 Å². The summed E-state index contributed by atoms with van der Waals surface area (Å²) in [5.74, 6) is 1.83. The van der Waals surface area contributed by atoms with E-state index < -0.39 is 18.0 Å². The number of rotatable bonds is 12. The Bertz CT molecular complexity index is 1280. The third-order valence-corrected chi connectivity index (χ3v) is 7.05. The third-order valence-electron chi connectivity index (χ3n) is 7.05. The van der Waals surface area contributed by atoms with E-state index in [1.807, 2.05) is 0 Å². The van der Waals surface area contributed by atoms with Gasteiger partial charge in [-0.3, -0.25) is 0 Å². The molecule has 0 spiro atoms. The Kier molecular flexibility index (Phi) is 10.2. The standard InChI is InChI=1S/C31H36O11/c1-34-24-11-18(12-25(35-2)30(24)38-5)7-9-28(32)41-21-15-20-16-23(22(17-21)40-20)42-29(33)10-8-19-13-26(36-3)31(39-6)27(14-19)37-4/h7-14,20-23H,15-17H2,1-6H3/b9-7+,10-8+/t20-,21-,22+,23-/m0/s1. The number of carbonyl (C=O) groups excluding carboxylic acids is 2. The smallest absolute Gasteiger partial charge is 0.331 e. The number of hydrogen-bond donors (Lipinski definition) is 0. The summed E-state index contributed by atoms with van der Waals surface area (Å²) in [5.41, 5.74) is 1.36. The van der Waals surface area contributed by atoms with Gasteiger partial charge in [0.2, 0.25) is 11.5 Å². The minimum absolute atomic E-state index is 0.169. The molecule has 2 bridgehead atoms. The second kappa shape index (κ2) is 14.0. The minimum Gasteiger partial charge on any atom is -0.493 e. The van der Waals surface area contributed by atoms with Gasteiger partial charge in [0, 0.05) is 31.4 Å². The number of benzene rings is 2. The number of fused-ring (bicyclic) bond motifs is 2. The molecule has 4 rings (SSSR count). The summed E-state index contributed by atoms with van der Waals surface area (Å²) in [4.78, 5) is 25.2. The fourth-order valence-electron chi connectivity index (χ4n) is 5.14. The molecule has 11 heteroatoms. The van der Waals surface area contributed by atoms with Crippen molar-refractivity contribution >= 4 is 24.1 Å². The summed E-state index contributed by atoms with van der Waals surface area (Å²) in [6.45, 7) is 0. The first-order valence-corrected chi connectivity index (χ1v) is 13.3. The van der Waals surface area contributed by atoms with Crippen molar-refractivity contribution in [3.05, 3.63) is 47.5 Å². The van der Waals surface area contributed by atoms with Crippen LogP contribution in [0.2, 0.25) is 0 Å². The van der Waals surface area contributed by atoms with Crippen LogP contribution in [0.25, 0.3) is 12.2 Å². The Morgan fingerprint density at radius 3 is 1.52 bits per heavy atom. The zero-order valence-corrected chi connectivity index (χ0v) is 24.5. The van der Waals surface area contributed by atoms with Crippen LogP contribution in [0.5, 0.6) is 34.5 Å². The van der Waals surface area contributed by atoms with Crippen molar-refractivity contribution < 1.29 is 52.2 Å². The first-order chi connectivity index (χ1) is 20.3. The number of ether oxygens (including phenoxy) is 9. The second-order valence-electron chi connectivity index (χ2n) is 9.62. The topological polar surface area (TPSA) is 117 Å². The van der Waals surface area contributed by atoms with Gasteiger partial charge in [-0.1, -0.05) is 0 Å². The molecular weight excluding hydrogens is 548 g/mol. The number of methoxy groups -OCH3 is 6. The molecular formula is C31H36O11. The second-order valence-corrected chi connectivity index (χ2v) is 9.62. The maximum atomic E-state index is 12.6. The molecule has 2 aliphatic heterocycles. The Labute approximate surface area is 244 Å². The van der Waals surface area contributed by atoms with E-state index in [1.165, 1.54) is 54.8 Å². The van der Waals surface area contributed by atoms with Gasteiger partial charge in [-0.25, -0.2) is 9.59 Å². The van der Waals surface area contributed by atoms with Gasteiger partial charge in [0.15, 0.2) is 23.0 Å². The summed E-state index contributed by atoms with van der Waals surface area (Å²) in [6.07, 6.45) is 6.07. The zero-order chi connectivity index (χ0) is 30.2. The van der Waals surface area contributed by atoms with Crippen molar-refractivity contribution in [3.8, 4) is 34.5 Å². The molecule has 0 aliphatic carbocycles. The van der Waals surface area contributed by atoms with Crippen molar-refractivity contribution in [3.63, 3.8) is 0 Å². The molecule has 0 amide bonds. The molecule has 0 N–H and O–H groups in total. The molecule has 11 nitrogen and oxygen atoms in total. The van der Waals surface area contributed by atoms with E-state index in [1.54, 1.807) is 36.4 Å². The van der Waals surface area contributed by atoms with Gasteiger partial charge in [0.05, 0.1) is 54.9 Å². The normalized spacial score (nSPS) is 21.2. The maximum absolute atomic E-state index is 12.6. The van der Waals surface area contributed by atoms with Crippen LogP contribution in [0.4, 0.5) is 0 Å². The lowest BCUT2D eigenvalue weighted by Crippen LogP contribution is -2.35. The fourth-order valence-corrected chi connectivity index (χ4v) is 5.14. The van der Waals surface area contributed by atoms with Crippen LogP contribution in [0.15, 0.2) is 36.4 Å². The third kappa shape index (κ3) is 7.09. The van der Waals surface area contributed by atoms with Crippen molar-refractivity contribution in [1.82, 2.24) is 0 Å². The van der Waals surface area contributed by atoms with Crippen LogP contribution in [0, 0.1) is 0 Å². The highest BCUT2D eigenvalue weighted by Crippen LogP contribution is 2.40. The summed E-state index contributed by atoms with van der Waals surface area (Å²) in [7, 11) is 9.13. The summed E-state index contributed by atoms with van der Waals surface area (Å²) in [5, 5.41) is 0. The lowest BCUT2D eigenvalue weighted by Gasteiger charge is -2.28.